The second-order valence-electron chi connectivity index (χ2n) is 5.92. The number of nitrogens with one attached hydrogen (secondary N) is 1. The van der Waals surface area contributed by atoms with Crippen molar-refractivity contribution in [2.24, 2.45) is 7.05 Å². The van der Waals surface area contributed by atoms with Gasteiger partial charge in [0.2, 0.25) is 0 Å². The van der Waals surface area contributed by atoms with Crippen LogP contribution in [0.2, 0.25) is 0 Å². The number of rotatable bonds is 5. The maximum atomic E-state index is 13.0. The number of pyridine rings is 2. The smallest absolute Gasteiger partial charge is 0.307 e. The van der Waals surface area contributed by atoms with Crippen molar-refractivity contribution in [1.29, 1.82) is 0 Å². The van der Waals surface area contributed by atoms with Gasteiger partial charge in [0.15, 0.2) is 21.5 Å². The fourth-order valence-corrected chi connectivity index (χ4v) is 3.61. The molecule has 13 heteroatoms. The van der Waals surface area contributed by atoms with Gasteiger partial charge in [0, 0.05) is 13.2 Å². The van der Waals surface area contributed by atoms with Crippen molar-refractivity contribution in [1.82, 2.24) is 24.7 Å². The Morgan fingerprint density at radius 1 is 1.17 bits per heavy atom. The zero-order valence-corrected chi connectivity index (χ0v) is 16.0. The number of nitrogens with zero attached hydrogens (tertiary/aromatic N) is 5. The summed E-state index contributed by atoms with van der Waals surface area (Å²) in [5.41, 5.74) is 0.817. The Kier molecular flexibility index (Phi) is 5.28. The van der Waals surface area contributed by atoms with Crippen LogP contribution in [0.1, 0.15) is 12.5 Å². The van der Waals surface area contributed by atoms with Crippen LogP contribution in [-0.2, 0) is 23.1 Å². The number of sulfone groups is 1. The van der Waals surface area contributed by atoms with E-state index in [0.29, 0.717) is 0 Å². The second kappa shape index (κ2) is 7.40. The summed E-state index contributed by atoms with van der Waals surface area (Å²) in [4.78, 5) is 7.72. The minimum atomic E-state index is -4.56. The van der Waals surface area contributed by atoms with Gasteiger partial charge in [-0.1, -0.05) is 6.92 Å². The van der Waals surface area contributed by atoms with Crippen LogP contribution in [0.4, 0.5) is 18.9 Å². The summed E-state index contributed by atoms with van der Waals surface area (Å²) in [6, 6.07) is 2.83. The number of hydrogen-bond acceptors (Lipinski definition) is 8. The van der Waals surface area contributed by atoms with Gasteiger partial charge in [-0.3, -0.25) is 15.7 Å². The first-order chi connectivity index (χ1) is 13.6. The molecule has 0 spiro atoms. The third-order valence-electron chi connectivity index (χ3n) is 4.10. The highest BCUT2D eigenvalue weighted by molar-refractivity contribution is 7.91. The van der Waals surface area contributed by atoms with Crippen LogP contribution in [0.3, 0.4) is 0 Å². The summed E-state index contributed by atoms with van der Waals surface area (Å²) in [5.74, 6) is -0.232. The molecule has 0 bridgehead atoms. The molecule has 3 rings (SSSR count). The molecule has 0 saturated heterocycles. The molecule has 9 nitrogen and oxygen atoms in total. The number of aromatic nitrogens is 5. The van der Waals surface area contributed by atoms with Gasteiger partial charge in [0.1, 0.15) is 11.4 Å². The Morgan fingerprint density at radius 2 is 1.86 bits per heavy atom. The molecule has 0 aromatic carbocycles. The first-order valence-electron chi connectivity index (χ1n) is 8.14. The van der Waals surface area contributed by atoms with E-state index in [4.69, 9.17) is 5.21 Å². The zero-order chi connectivity index (χ0) is 21.4. The summed E-state index contributed by atoms with van der Waals surface area (Å²) < 4.78 is 65.1. The maximum Gasteiger partial charge on any atom is 0.416 e. The molecule has 0 fully saturated rings. The molecule has 0 saturated carbocycles. The van der Waals surface area contributed by atoms with E-state index in [2.05, 4.69) is 20.2 Å². The molecule has 0 atom stereocenters. The maximum absolute atomic E-state index is 13.0. The summed E-state index contributed by atoms with van der Waals surface area (Å²) in [6.45, 7) is 1.44. The minimum absolute atomic E-state index is 0.00268. The fraction of sp³-hybridized carbons (Fsp3) is 0.250. The number of alkyl halides is 3. The molecule has 0 aliphatic carbocycles. The van der Waals surface area contributed by atoms with E-state index in [1.54, 1.807) is 0 Å². The van der Waals surface area contributed by atoms with E-state index >= 15 is 0 Å². The Labute approximate surface area is 163 Å². The summed E-state index contributed by atoms with van der Waals surface area (Å²) >= 11 is 0. The standard InChI is InChI=1S/C16H15F3N6O3S/c1-3-29(27,28)12-7-10(24-26)8-21-13(12)15-23-22-14(25(15)2)11-6-9(4-5-20-11)16(17,18)19/h4-8,24,26H,3H2,1-2H3. The lowest BCUT2D eigenvalue weighted by molar-refractivity contribution is -0.137. The molecule has 154 valence electrons. The molecular weight excluding hydrogens is 413 g/mol. The zero-order valence-electron chi connectivity index (χ0n) is 15.1. The number of halogens is 3. The SMILES string of the molecule is CCS(=O)(=O)c1cc(NO)cnc1-c1nnc(-c2cc(C(F)(F)F)ccn2)n1C. The van der Waals surface area contributed by atoms with Crippen LogP contribution in [0.15, 0.2) is 35.5 Å². The van der Waals surface area contributed by atoms with Crippen molar-refractivity contribution >= 4 is 15.5 Å². The Hall–Kier alpha value is -3.06. The van der Waals surface area contributed by atoms with Gasteiger partial charge in [-0.2, -0.15) is 13.2 Å². The average Bonchev–Trinajstić information content (AvgIpc) is 3.08. The predicted molar refractivity (Wildman–Crippen MR) is 95.6 cm³/mol. The lowest BCUT2D eigenvalue weighted by Crippen LogP contribution is -2.10. The third kappa shape index (κ3) is 3.91. The van der Waals surface area contributed by atoms with Crippen molar-refractivity contribution < 1.29 is 26.8 Å². The summed E-state index contributed by atoms with van der Waals surface area (Å²) in [7, 11) is -2.31. The van der Waals surface area contributed by atoms with Crippen LogP contribution < -0.4 is 5.48 Å². The predicted octanol–water partition coefficient (Wildman–Crippen LogP) is 2.55. The van der Waals surface area contributed by atoms with Crippen LogP contribution in [0.25, 0.3) is 23.0 Å². The van der Waals surface area contributed by atoms with Crippen molar-refractivity contribution in [2.45, 2.75) is 18.0 Å². The molecule has 0 amide bonds. The average molecular weight is 428 g/mol. The van der Waals surface area contributed by atoms with E-state index in [0.717, 1.165) is 18.3 Å². The lowest BCUT2D eigenvalue weighted by atomic mass is 10.2. The van der Waals surface area contributed by atoms with E-state index in [1.807, 2.05) is 5.48 Å². The molecule has 0 unspecified atom stereocenters. The van der Waals surface area contributed by atoms with Crippen LogP contribution in [-0.4, -0.2) is 44.1 Å². The highest BCUT2D eigenvalue weighted by Gasteiger charge is 2.31. The highest BCUT2D eigenvalue weighted by Crippen LogP contribution is 2.32. The second-order valence-corrected chi connectivity index (χ2v) is 8.17. The molecular formula is C16H15F3N6O3S. The molecule has 3 heterocycles. The van der Waals surface area contributed by atoms with Gasteiger partial charge in [-0.15, -0.1) is 10.2 Å². The van der Waals surface area contributed by atoms with E-state index in [9.17, 15) is 21.6 Å². The Morgan fingerprint density at radius 3 is 2.48 bits per heavy atom. The van der Waals surface area contributed by atoms with Gasteiger partial charge in [0.25, 0.3) is 0 Å². The van der Waals surface area contributed by atoms with Crippen molar-refractivity contribution in [3.8, 4) is 23.0 Å². The quantitative estimate of drug-likeness (QED) is 0.595. The normalized spacial score (nSPS) is 12.2. The summed E-state index contributed by atoms with van der Waals surface area (Å²) in [6.07, 6.45) is -2.38. The van der Waals surface area contributed by atoms with E-state index in [-0.39, 0.29) is 39.4 Å². The molecule has 2 N–H and O–H groups in total. The van der Waals surface area contributed by atoms with Gasteiger partial charge in [-0.25, -0.2) is 13.4 Å². The first kappa shape index (κ1) is 20.7. The van der Waals surface area contributed by atoms with Gasteiger partial charge >= 0.3 is 6.18 Å². The molecule has 3 aromatic heterocycles. The van der Waals surface area contributed by atoms with Crippen LogP contribution in [0.5, 0.6) is 0 Å². The largest absolute Gasteiger partial charge is 0.416 e. The van der Waals surface area contributed by atoms with E-state index < -0.39 is 21.6 Å². The topological polar surface area (TPSA) is 123 Å². The van der Waals surface area contributed by atoms with E-state index in [1.165, 1.54) is 30.8 Å². The number of anilines is 1. The molecule has 3 aromatic rings. The first-order valence-corrected chi connectivity index (χ1v) is 9.80. The lowest BCUT2D eigenvalue weighted by Gasteiger charge is -2.11. The van der Waals surface area contributed by atoms with Gasteiger partial charge < -0.3 is 4.57 Å². The Balaban J connectivity index is 2.17. The molecule has 29 heavy (non-hydrogen) atoms. The summed E-state index contributed by atoms with van der Waals surface area (Å²) in [5, 5.41) is 16.8. The highest BCUT2D eigenvalue weighted by atomic mass is 32.2. The third-order valence-corrected chi connectivity index (χ3v) is 5.84. The van der Waals surface area contributed by atoms with Crippen LogP contribution in [0, 0.1) is 0 Å². The van der Waals surface area contributed by atoms with Crippen molar-refractivity contribution in [3.63, 3.8) is 0 Å². The number of hydrogen-bond donors (Lipinski definition) is 2. The fourth-order valence-electron chi connectivity index (χ4n) is 2.55. The van der Waals surface area contributed by atoms with Gasteiger partial charge in [0.05, 0.1) is 28.1 Å². The van der Waals surface area contributed by atoms with Crippen molar-refractivity contribution in [3.05, 3.63) is 36.2 Å². The Bertz CT molecular complexity index is 1160. The van der Waals surface area contributed by atoms with Gasteiger partial charge in [-0.05, 0) is 18.2 Å². The monoisotopic (exact) mass is 428 g/mol. The minimum Gasteiger partial charge on any atom is -0.307 e. The van der Waals surface area contributed by atoms with Crippen LogP contribution >= 0.6 is 0 Å². The molecule has 0 aliphatic rings. The molecule has 0 aliphatic heterocycles. The molecule has 0 radical (unpaired) electrons. The van der Waals surface area contributed by atoms with Crippen molar-refractivity contribution in [2.75, 3.05) is 11.2 Å².